The van der Waals surface area contributed by atoms with Crippen LogP contribution in [0.3, 0.4) is 0 Å². The average Bonchev–Trinajstić information content (AvgIpc) is 2.07. The molecule has 0 aliphatic rings. The Morgan fingerprint density at radius 2 is 2.08 bits per heavy atom. The predicted octanol–water partition coefficient (Wildman–Crippen LogP) is 2.62. The zero-order valence-electron chi connectivity index (χ0n) is 6.57. The van der Waals surface area contributed by atoms with Crippen molar-refractivity contribution in [2.75, 3.05) is 0 Å². The van der Waals surface area contributed by atoms with Crippen LogP contribution in [-0.2, 0) is 0 Å². The third-order valence-electron chi connectivity index (χ3n) is 1.61. The van der Waals surface area contributed by atoms with Crippen LogP contribution in [-0.4, -0.2) is 11.1 Å². The van der Waals surface area contributed by atoms with Gasteiger partial charge in [-0.3, -0.25) is 0 Å². The third kappa shape index (κ3) is 1.62. The summed E-state index contributed by atoms with van der Waals surface area (Å²) < 4.78 is 25.5. The summed E-state index contributed by atoms with van der Waals surface area (Å²) in [5.74, 6) is -3.71. The lowest BCUT2D eigenvalue weighted by Gasteiger charge is -2.04. The maximum atomic E-state index is 12.8. The highest BCUT2D eigenvalue weighted by molar-refractivity contribution is 6.34. The minimum absolute atomic E-state index is 0.195. The Bertz CT molecular complexity index is 377. The van der Waals surface area contributed by atoms with Gasteiger partial charge in [-0.25, -0.2) is 13.6 Å². The summed E-state index contributed by atoms with van der Waals surface area (Å²) in [7, 11) is 0. The van der Waals surface area contributed by atoms with Crippen LogP contribution in [0.25, 0.3) is 0 Å². The fourth-order valence-corrected chi connectivity index (χ4v) is 1.10. The lowest BCUT2D eigenvalue weighted by Crippen LogP contribution is -2.02. The standard InChI is InChI=1S/C8H5ClF2O2/c1-3-6(9)4(8(12)13)2-5(10)7(3)11/h2H,1H3,(H,12,13). The average molecular weight is 207 g/mol. The van der Waals surface area contributed by atoms with E-state index >= 15 is 0 Å². The minimum atomic E-state index is -1.38. The molecule has 0 aliphatic heterocycles. The summed E-state index contributed by atoms with van der Waals surface area (Å²) in [5, 5.41) is 8.26. The number of rotatable bonds is 1. The second-order valence-corrected chi connectivity index (χ2v) is 2.84. The first-order chi connectivity index (χ1) is 5.95. The van der Waals surface area contributed by atoms with Crippen molar-refractivity contribution in [2.45, 2.75) is 6.92 Å². The molecule has 0 saturated heterocycles. The van der Waals surface area contributed by atoms with E-state index in [9.17, 15) is 13.6 Å². The number of carboxylic acid groups (broad SMARTS) is 1. The molecule has 0 spiro atoms. The third-order valence-corrected chi connectivity index (χ3v) is 2.09. The molecule has 1 N–H and O–H groups in total. The monoisotopic (exact) mass is 206 g/mol. The highest BCUT2D eigenvalue weighted by Gasteiger charge is 2.17. The second kappa shape index (κ2) is 3.30. The first-order valence-electron chi connectivity index (χ1n) is 3.32. The van der Waals surface area contributed by atoms with E-state index in [1.807, 2.05) is 0 Å². The van der Waals surface area contributed by atoms with E-state index in [1.54, 1.807) is 0 Å². The van der Waals surface area contributed by atoms with E-state index in [2.05, 4.69) is 0 Å². The number of aromatic carboxylic acids is 1. The zero-order chi connectivity index (χ0) is 10.2. The molecule has 70 valence electrons. The van der Waals surface area contributed by atoms with Gasteiger partial charge in [-0.1, -0.05) is 11.6 Å². The van der Waals surface area contributed by atoms with Gasteiger partial charge < -0.3 is 5.11 Å². The van der Waals surface area contributed by atoms with Crippen molar-refractivity contribution in [3.05, 3.63) is 33.9 Å². The molecular formula is C8H5ClF2O2. The van der Waals surface area contributed by atoms with Crippen LogP contribution in [0.2, 0.25) is 5.02 Å². The number of hydrogen-bond donors (Lipinski definition) is 1. The van der Waals surface area contributed by atoms with Crippen molar-refractivity contribution in [3.63, 3.8) is 0 Å². The van der Waals surface area contributed by atoms with E-state index in [0.717, 1.165) is 0 Å². The minimum Gasteiger partial charge on any atom is -0.478 e. The van der Waals surface area contributed by atoms with Crippen molar-refractivity contribution in [1.29, 1.82) is 0 Å². The molecule has 1 aromatic rings. The number of carboxylic acids is 1. The molecular weight excluding hydrogens is 202 g/mol. The maximum absolute atomic E-state index is 12.8. The SMILES string of the molecule is Cc1c(F)c(F)cc(C(=O)O)c1Cl. The molecule has 2 nitrogen and oxygen atoms in total. The van der Waals surface area contributed by atoms with Crippen molar-refractivity contribution in [3.8, 4) is 0 Å². The highest BCUT2D eigenvalue weighted by Crippen LogP contribution is 2.25. The normalized spacial score (nSPS) is 10.2. The molecule has 0 amide bonds. The summed E-state index contributed by atoms with van der Waals surface area (Å²) in [6.07, 6.45) is 0. The largest absolute Gasteiger partial charge is 0.478 e. The Kier molecular flexibility index (Phi) is 2.52. The molecule has 5 heteroatoms. The molecule has 13 heavy (non-hydrogen) atoms. The van der Waals surface area contributed by atoms with Crippen molar-refractivity contribution in [1.82, 2.24) is 0 Å². The molecule has 0 unspecified atom stereocenters. The van der Waals surface area contributed by atoms with Crippen molar-refractivity contribution < 1.29 is 18.7 Å². The Balaban J connectivity index is 3.50. The van der Waals surface area contributed by atoms with E-state index in [0.29, 0.717) is 6.07 Å². The molecule has 0 bridgehead atoms. The van der Waals surface area contributed by atoms with Crippen LogP contribution in [0, 0.1) is 18.6 Å². The van der Waals surface area contributed by atoms with Gasteiger partial charge in [-0.05, 0) is 13.0 Å². The maximum Gasteiger partial charge on any atom is 0.337 e. The molecule has 0 saturated carbocycles. The molecule has 0 atom stereocenters. The predicted molar refractivity (Wildman–Crippen MR) is 43.1 cm³/mol. The van der Waals surface area contributed by atoms with Crippen LogP contribution in [0.5, 0.6) is 0 Å². The van der Waals surface area contributed by atoms with Gasteiger partial charge in [0.25, 0.3) is 0 Å². The van der Waals surface area contributed by atoms with Gasteiger partial charge in [0.15, 0.2) is 11.6 Å². The highest BCUT2D eigenvalue weighted by atomic mass is 35.5. The first-order valence-corrected chi connectivity index (χ1v) is 3.70. The van der Waals surface area contributed by atoms with Gasteiger partial charge in [0.05, 0.1) is 10.6 Å². The summed E-state index contributed by atoms with van der Waals surface area (Å²) in [5.41, 5.74) is -0.628. The molecule has 0 fully saturated rings. The van der Waals surface area contributed by atoms with Gasteiger partial charge in [0.2, 0.25) is 0 Å². The quantitative estimate of drug-likeness (QED) is 0.718. The fourth-order valence-electron chi connectivity index (χ4n) is 0.887. The molecule has 0 aromatic heterocycles. The van der Waals surface area contributed by atoms with Gasteiger partial charge in [-0.15, -0.1) is 0 Å². The molecule has 0 aliphatic carbocycles. The van der Waals surface area contributed by atoms with E-state index in [1.165, 1.54) is 6.92 Å². The topological polar surface area (TPSA) is 37.3 Å². The number of benzene rings is 1. The molecule has 0 heterocycles. The van der Waals surface area contributed by atoms with Gasteiger partial charge >= 0.3 is 5.97 Å². The van der Waals surface area contributed by atoms with Crippen LogP contribution in [0.4, 0.5) is 8.78 Å². The number of carbonyl (C=O) groups is 1. The summed E-state index contributed by atoms with van der Waals surface area (Å²) >= 11 is 5.48. The van der Waals surface area contributed by atoms with Crippen molar-refractivity contribution >= 4 is 17.6 Å². The smallest absolute Gasteiger partial charge is 0.337 e. The van der Waals surface area contributed by atoms with Crippen LogP contribution >= 0.6 is 11.6 Å². The van der Waals surface area contributed by atoms with E-state index in [-0.39, 0.29) is 10.6 Å². The summed E-state index contributed by atoms with van der Waals surface area (Å²) in [6.45, 7) is 1.22. The summed E-state index contributed by atoms with van der Waals surface area (Å²) in [4.78, 5) is 10.5. The molecule has 0 radical (unpaired) electrons. The van der Waals surface area contributed by atoms with Gasteiger partial charge in [-0.2, -0.15) is 0 Å². The summed E-state index contributed by atoms with van der Waals surface area (Å²) in [6, 6.07) is 0.562. The molecule has 1 rings (SSSR count). The van der Waals surface area contributed by atoms with Gasteiger partial charge in [0, 0.05) is 5.56 Å². The van der Waals surface area contributed by atoms with E-state index in [4.69, 9.17) is 16.7 Å². The lowest BCUT2D eigenvalue weighted by molar-refractivity contribution is 0.0696. The number of hydrogen-bond acceptors (Lipinski definition) is 1. The second-order valence-electron chi connectivity index (χ2n) is 2.46. The Hall–Kier alpha value is -1.16. The van der Waals surface area contributed by atoms with Crippen LogP contribution < -0.4 is 0 Å². The Morgan fingerprint density at radius 1 is 1.54 bits per heavy atom. The zero-order valence-corrected chi connectivity index (χ0v) is 7.32. The Labute approximate surface area is 77.8 Å². The van der Waals surface area contributed by atoms with E-state index < -0.39 is 23.2 Å². The fraction of sp³-hybridized carbons (Fsp3) is 0.125. The lowest BCUT2D eigenvalue weighted by atomic mass is 10.1. The van der Waals surface area contributed by atoms with Crippen LogP contribution in [0.15, 0.2) is 6.07 Å². The molecule has 1 aromatic carbocycles. The van der Waals surface area contributed by atoms with Crippen LogP contribution in [0.1, 0.15) is 15.9 Å². The first kappa shape index (κ1) is 9.92. The van der Waals surface area contributed by atoms with Crippen molar-refractivity contribution in [2.24, 2.45) is 0 Å². The van der Waals surface area contributed by atoms with Gasteiger partial charge in [0.1, 0.15) is 0 Å². The Morgan fingerprint density at radius 3 is 2.54 bits per heavy atom. The number of halogens is 3.